The van der Waals surface area contributed by atoms with Crippen LogP contribution in [0.25, 0.3) is 11.4 Å². The lowest BCUT2D eigenvalue weighted by molar-refractivity contribution is 0.0964. The van der Waals surface area contributed by atoms with Gasteiger partial charge in [-0.2, -0.15) is 4.98 Å². The molecule has 0 atom stereocenters. The van der Waals surface area contributed by atoms with Gasteiger partial charge in [0.1, 0.15) is 17.1 Å². The first-order valence-corrected chi connectivity index (χ1v) is 9.94. The molecule has 0 saturated carbocycles. The molecule has 3 aromatic rings. The second-order valence-electron chi connectivity index (χ2n) is 7.62. The monoisotopic (exact) mass is 406 g/mol. The zero-order valence-corrected chi connectivity index (χ0v) is 16.7. The van der Waals surface area contributed by atoms with E-state index in [1.165, 1.54) is 5.69 Å². The maximum absolute atomic E-state index is 11.5. The summed E-state index contributed by atoms with van der Waals surface area (Å²) in [6, 6.07) is 8.16. The summed E-state index contributed by atoms with van der Waals surface area (Å²) in [4.78, 5) is 25.1. The van der Waals surface area contributed by atoms with Crippen molar-refractivity contribution < 1.29 is 14.1 Å². The second kappa shape index (κ2) is 7.42. The number of primary amides is 1. The summed E-state index contributed by atoms with van der Waals surface area (Å²) < 4.78 is 11.0. The van der Waals surface area contributed by atoms with E-state index in [0.29, 0.717) is 35.5 Å². The zero-order valence-electron chi connectivity index (χ0n) is 16.7. The Morgan fingerprint density at radius 3 is 2.60 bits per heavy atom. The molecule has 0 bridgehead atoms. The Balaban J connectivity index is 1.36. The molecular weight excluding hydrogens is 384 g/mol. The van der Waals surface area contributed by atoms with Crippen LogP contribution < -0.4 is 15.4 Å². The highest BCUT2D eigenvalue weighted by Crippen LogP contribution is 2.34. The van der Waals surface area contributed by atoms with Crippen molar-refractivity contribution in [2.75, 3.05) is 38.1 Å². The van der Waals surface area contributed by atoms with Crippen LogP contribution in [0, 0.1) is 0 Å². The molecule has 1 saturated heterocycles. The molecular formula is C21H22N6O3. The van der Waals surface area contributed by atoms with Crippen LogP contribution in [-0.2, 0) is 12.8 Å². The van der Waals surface area contributed by atoms with Crippen molar-refractivity contribution in [2.24, 2.45) is 5.73 Å². The highest BCUT2D eigenvalue weighted by molar-refractivity contribution is 5.93. The van der Waals surface area contributed by atoms with Crippen molar-refractivity contribution in [3.63, 3.8) is 0 Å². The molecule has 0 radical (unpaired) electrons. The van der Waals surface area contributed by atoms with Gasteiger partial charge in [-0.05, 0) is 49.7 Å². The minimum Gasteiger partial charge on any atom is -0.424 e. The molecule has 0 spiro atoms. The Labute approximate surface area is 173 Å². The molecule has 1 amide bonds. The number of aromatic nitrogens is 3. The number of ether oxygens (including phenoxy) is 1. The number of anilines is 1. The molecule has 2 aromatic heterocycles. The second-order valence-corrected chi connectivity index (χ2v) is 7.62. The largest absolute Gasteiger partial charge is 0.424 e. The van der Waals surface area contributed by atoms with Crippen LogP contribution in [0.5, 0.6) is 11.8 Å². The van der Waals surface area contributed by atoms with E-state index in [9.17, 15) is 4.79 Å². The fourth-order valence-electron chi connectivity index (χ4n) is 3.90. The number of likely N-dealkylation sites (N-methyl/N-ethyl adjacent to an activating group) is 1. The number of fused-ring (bicyclic) bond motifs is 3. The molecule has 5 rings (SSSR count). The molecule has 9 heteroatoms. The van der Waals surface area contributed by atoms with Crippen LogP contribution in [0.2, 0.25) is 0 Å². The van der Waals surface area contributed by atoms with Gasteiger partial charge in [0.15, 0.2) is 0 Å². The predicted octanol–water partition coefficient (Wildman–Crippen LogP) is 1.87. The molecule has 154 valence electrons. The first-order valence-electron chi connectivity index (χ1n) is 9.94. The molecule has 1 aliphatic carbocycles. The average Bonchev–Trinajstić information content (AvgIpc) is 3.20. The third-order valence-corrected chi connectivity index (χ3v) is 5.64. The molecule has 30 heavy (non-hydrogen) atoms. The third-order valence-electron chi connectivity index (χ3n) is 5.64. The number of nitrogens with zero attached hydrogens (tertiary/aromatic N) is 5. The number of rotatable bonds is 4. The number of benzene rings is 1. The van der Waals surface area contributed by atoms with E-state index in [1.807, 2.05) is 24.3 Å². The van der Waals surface area contributed by atoms with Crippen molar-refractivity contribution in [3.05, 3.63) is 47.3 Å². The van der Waals surface area contributed by atoms with Crippen LogP contribution >= 0.6 is 0 Å². The van der Waals surface area contributed by atoms with Gasteiger partial charge in [-0.25, -0.2) is 4.98 Å². The maximum atomic E-state index is 11.5. The maximum Gasteiger partial charge on any atom is 0.322 e. The van der Waals surface area contributed by atoms with Gasteiger partial charge in [0.2, 0.25) is 5.76 Å². The van der Waals surface area contributed by atoms with Crippen molar-refractivity contribution >= 4 is 11.6 Å². The van der Waals surface area contributed by atoms with E-state index in [4.69, 9.17) is 15.0 Å². The summed E-state index contributed by atoms with van der Waals surface area (Å²) in [5, 5.41) is 4.01. The molecule has 1 aliphatic heterocycles. The van der Waals surface area contributed by atoms with Gasteiger partial charge in [0.25, 0.3) is 5.91 Å². The molecule has 3 heterocycles. The van der Waals surface area contributed by atoms with E-state index in [2.05, 4.69) is 32.0 Å². The lowest BCUT2D eigenvalue weighted by atomic mass is 9.93. The topological polar surface area (TPSA) is 111 Å². The van der Waals surface area contributed by atoms with Gasteiger partial charge in [0, 0.05) is 43.6 Å². The summed E-state index contributed by atoms with van der Waals surface area (Å²) in [5.74, 6) is 0.122. The van der Waals surface area contributed by atoms with Crippen LogP contribution in [0.3, 0.4) is 0 Å². The Kier molecular flexibility index (Phi) is 4.59. The van der Waals surface area contributed by atoms with Crippen molar-refractivity contribution in [1.82, 2.24) is 20.0 Å². The van der Waals surface area contributed by atoms with Crippen LogP contribution in [-0.4, -0.2) is 59.2 Å². The van der Waals surface area contributed by atoms with Crippen molar-refractivity contribution in [3.8, 4) is 23.1 Å². The lowest BCUT2D eigenvalue weighted by Gasteiger charge is -2.34. The smallest absolute Gasteiger partial charge is 0.322 e. The van der Waals surface area contributed by atoms with E-state index < -0.39 is 5.91 Å². The lowest BCUT2D eigenvalue weighted by Crippen LogP contribution is -2.44. The summed E-state index contributed by atoms with van der Waals surface area (Å²) in [6.07, 6.45) is 3.03. The molecule has 1 fully saturated rings. The van der Waals surface area contributed by atoms with Gasteiger partial charge in [-0.3, -0.25) is 4.79 Å². The highest BCUT2D eigenvalue weighted by atomic mass is 16.5. The minimum atomic E-state index is -0.627. The van der Waals surface area contributed by atoms with E-state index >= 15 is 0 Å². The van der Waals surface area contributed by atoms with Gasteiger partial charge in [-0.15, -0.1) is 0 Å². The number of hydrogen-bond acceptors (Lipinski definition) is 8. The molecule has 2 aliphatic rings. The van der Waals surface area contributed by atoms with E-state index in [-0.39, 0.29) is 11.8 Å². The third kappa shape index (κ3) is 3.37. The quantitative estimate of drug-likeness (QED) is 0.699. The average molecular weight is 406 g/mol. The first-order chi connectivity index (χ1) is 14.6. The minimum absolute atomic E-state index is 0.0937. The Bertz CT molecular complexity index is 1090. The van der Waals surface area contributed by atoms with Gasteiger partial charge >= 0.3 is 6.01 Å². The number of piperazine rings is 1. The molecule has 0 unspecified atom stereocenters. The Morgan fingerprint density at radius 2 is 1.87 bits per heavy atom. The van der Waals surface area contributed by atoms with Crippen LogP contribution in [0.1, 0.15) is 21.7 Å². The number of hydrogen-bond donors (Lipinski definition) is 1. The normalized spacial score (nSPS) is 16.1. The summed E-state index contributed by atoms with van der Waals surface area (Å²) >= 11 is 0. The SMILES string of the molecule is CN1CCN(c2ccc(Oc3ncc4c(n3)-c3noc(C(N)=O)c3CC4)cc2)CC1. The zero-order chi connectivity index (χ0) is 20.7. The fourth-order valence-corrected chi connectivity index (χ4v) is 3.90. The molecule has 9 nitrogen and oxygen atoms in total. The van der Waals surface area contributed by atoms with Crippen molar-refractivity contribution in [1.29, 1.82) is 0 Å². The standard InChI is InChI=1S/C21H22N6O3/c1-26-8-10-27(11-9-26)14-3-5-15(6-4-14)29-21-23-12-13-2-7-16-18(17(13)24-21)25-30-19(16)20(22)28/h3-6,12H,2,7-11H2,1H3,(H2,22,28). The number of carbonyl (C=O) groups is 1. The van der Waals surface area contributed by atoms with Crippen LogP contribution in [0.15, 0.2) is 35.0 Å². The van der Waals surface area contributed by atoms with Gasteiger partial charge < -0.3 is 24.8 Å². The van der Waals surface area contributed by atoms with E-state index in [1.54, 1.807) is 6.20 Å². The van der Waals surface area contributed by atoms with Gasteiger partial charge in [-0.1, -0.05) is 5.16 Å². The number of aryl methyl sites for hydroxylation is 1. The number of carbonyl (C=O) groups excluding carboxylic acids is 1. The first kappa shape index (κ1) is 18.6. The summed E-state index contributed by atoms with van der Waals surface area (Å²) in [7, 11) is 2.14. The highest BCUT2D eigenvalue weighted by Gasteiger charge is 2.28. The number of amides is 1. The summed E-state index contributed by atoms with van der Waals surface area (Å²) in [5.41, 5.74) is 9.32. The fraction of sp³-hybridized carbons (Fsp3) is 0.333. The molecule has 2 N–H and O–H groups in total. The predicted molar refractivity (Wildman–Crippen MR) is 110 cm³/mol. The van der Waals surface area contributed by atoms with Crippen molar-refractivity contribution in [2.45, 2.75) is 12.8 Å². The van der Waals surface area contributed by atoms with Crippen LogP contribution in [0.4, 0.5) is 5.69 Å². The Hall–Kier alpha value is -3.46. The number of nitrogens with two attached hydrogens (primary N) is 1. The van der Waals surface area contributed by atoms with Gasteiger partial charge in [0.05, 0.1) is 0 Å². The molecule has 1 aromatic carbocycles. The van der Waals surface area contributed by atoms with E-state index in [0.717, 1.165) is 31.7 Å². The summed E-state index contributed by atoms with van der Waals surface area (Å²) in [6.45, 7) is 4.14. The Morgan fingerprint density at radius 1 is 1.10 bits per heavy atom.